The fourth-order valence-electron chi connectivity index (χ4n) is 14.3. The van der Waals surface area contributed by atoms with Crippen molar-refractivity contribution in [1.29, 1.82) is 0 Å². The highest BCUT2D eigenvalue weighted by Crippen LogP contribution is 2.58. The van der Waals surface area contributed by atoms with Crippen LogP contribution in [0.4, 0.5) is 45.5 Å². The van der Waals surface area contributed by atoms with E-state index in [4.69, 9.17) is 0 Å². The largest absolute Gasteiger partial charge is 0.333 e. The lowest BCUT2D eigenvalue weighted by Gasteiger charge is -2.28. The van der Waals surface area contributed by atoms with E-state index in [0.717, 1.165) is 39.8 Å². The molecule has 4 nitrogen and oxygen atoms in total. The van der Waals surface area contributed by atoms with Gasteiger partial charge in [0.25, 0.3) is 0 Å². The third kappa shape index (κ3) is 6.88. The molecular weight excluding hydrogens is 969 g/mol. The Morgan fingerprint density at radius 3 is 1.57 bits per heavy atom. The van der Waals surface area contributed by atoms with E-state index >= 15 is 0 Å². The molecule has 0 N–H and O–H groups in total. The first kappa shape index (κ1) is 46.5. The number of hydrogen-bond donors (Lipinski definition) is 0. The van der Waals surface area contributed by atoms with Crippen LogP contribution in [0.25, 0.3) is 60.5 Å². The molecule has 2 heterocycles. The minimum absolute atomic E-state index is 0.217. The van der Waals surface area contributed by atoms with Gasteiger partial charge in [0.2, 0.25) is 0 Å². The van der Waals surface area contributed by atoms with Gasteiger partial charge in [0.1, 0.15) is 0 Å². The topological polar surface area (TPSA) is 14.7 Å². The molecule has 12 aromatic rings. The fourth-order valence-corrected chi connectivity index (χ4v) is 14.3. The molecule has 0 saturated carbocycles. The van der Waals surface area contributed by atoms with Gasteiger partial charge in [-0.15, -0.1) is 0 Å². The van der Waals surface area contributed by atoms with Crippen molar-refractivity contribution in [2.45, 2.75) is 50.5 Å². The zero-order chi connectivity index (χ0) is 53.4. The number of nitrogens with zero attached hydrogens (tertiary/aromatic N) is 4. The number of para-hydroxylation sites is 5. The second-order valence-electron chi connectivity index (χ2n) is 23.3. The van der Waals surface area contributed by atoms with E-state index < -0.39 is 0 Å². The summed E-state index contributed by atoms with van der Waals surface area (Å²) in [4.78, 5) is 7.38. The van der Waals surface area contributed by atoms with Gasteiger partial charge < -0.3 is 19.3 Å². The van der Waals surface area contributed by atoms with Crippen molar-refractivity contribution in [1.82, 2.24) is 4.57 Å². The average molecular weight is 1030 g/mol. The molecule has 382 valence electrons. The van der Waals surface area contributed by atoms with E-state index in [0.29, 0.717) is 0 Å². The van der Waals surface area contributed by atoms with Crippen molar-refractivity contribution in [3.05, 3.63) is 295 Å². The lowest BCUT2D eigenvalue weighted by molar-refractivity contribution is 0.652. The van der Waals surface area contributed by atoms with Crippen LogP contribution in [0.3, 0.4) is 0 Å². The summed E-state index contributed by atoms with van der Waals surface area (Å²) in [5.74, 6) is 0.257. The van der Waals surface area contributed by atoms with Crippen LogP contribution in [0.2, 0.25) is 0 Å². The summed E-state index contributed by atoms with van der Waals surface area (Å²) in [5, 5.41) is 4.97. The maximum Gasteiger partial charge on any atom is 0.0629 e. The molecule has 0 saturated heterocycles. The Labute approximate surface area is 468 Å². The van der Waals surface area contributed by atoms with E-state index in [1.807, 2.05) is 0 Å². The Balaban J connectivity index is 0.768. The van der Waals surface area contributed by atoms with Crippen LogP contribution < -0.4 is 14.7 Å². The standard InChI is InChI=1S/C76H58N4/c1-75(2)67-43-50-41-55(77(51-21-9-5-10-22-51)56-36-39-73-65(44-56)60-29-17-19-31-71(60)79(73)53-25-13-7-14-26-53)34-33-49(50)42-62(67)64-48-69-63(47-70(64)75)59-38-35-58(46-68(59)76(69,3)4)78(52-23-11-6-12-24-52)57-37-40-74-66(45-57)61-30-18-20-32-72(61)80(74)54-27-15-8-16-28-54/h5-48,60,71H,1-4H3. The molecule has 4 heteroatoms. The summed E-state index contributed by atoms with van der Waals surface area (Å²) in [6, 6.07) is 90.7. The molecular formula is C76H58N4. The van der Waals surface area contributed by atoms with Crippen LogP contribution in [0.15, 0.2) is 267 Å². The first-order chi connectivity index (χ1) is 39.2. The van der Waals surface area contributed by atoms with Crippen LogP contribution in [0.5, 0.6) is 0 Å². The lowest BCUT2D eigenvalue weighted by Crippen LogP contribution is -2.28. The SMILES string of the molecule is CC1(C)c2cc(N(c3ccccc3)c3ccc4c(c3)c3ccccc3n4-c3ccccc3)ccc2-c2cc3c(cc21)-c1cc2ccc(N(c4ccccc4)c4ccc5c(c4)C4C=CC=CC4N5c4ccccc4)cc2cc1C3(C)C. The number of fused-ring (bicyclic) bond motifs is 13. The molecule has 4 aliphatic rings. The van der Waals surface area contributed by atoms with Crippen molar-refractivity contribution in [2.24, 2.45) is 0 Å². The van der Waals surface area contributed by atoms with Crippen LogP contribution in [-0.2, 0) is 10.8 Å². The van der Waals surface area contributed by atoms with Crippen molar-refractivity contribution in [3.8, 4) is 27.9 Å². The van der Waals surface area contributed by atoms with Gasteiger partial charge in [0.05, 0.1) is 17.1 Å². The number of hydrogen-bond acceptors (Lipinski definition) is 3. The first-order valence-corrected chi connectivity index (χ1v) is 28.2. The number of benzene rings is 11. The fraction of sp³-hybridized carbons (Fsp3) is 0.105. The highest BCUT2D eigenvalue weighted by atomic mass is 15.2. The molecule has 80 heavy (non-hydrogen) atoms. The molecule has 0 radical (unpaired) electrons. The highest BCUT2D eigenvalue weighted by Gasteiger charge is 2.43. The van der Waals surface area contributed by atoms with E-state index in [9.17, 15) is 0 Å². The Hall–Kier alpha value is -9.64. The lowest BCUT2D eigenvalue weighted by atomic mass is 9.79. The molecule has 1 aromatic heterocycles. The molecule has 0 spiro atoms. The van der Waals surface area contributed by atoms with Crippen LogP contribution in [0.1, 0.15) is 61.4 Å². The number of allylic oxidation sites excluding steroid dienone is 2. The maximum absolute atomic E-state index is 2.55. The molecule has 2 atom stereocenters. The third-order valence-corrected chi connectivity index (χ3v) is 18.2. The molecule has 16 rings (SSSR count). The Kier molecular flexibility index (Phi) is 10.1. The smallest absolute Gasteiger partial charge is 0.0629 e. The van der Waals surface area contributed by atoms with Crippen molar-refractivity contribution < 1.29 is 0 Å². The predicted molar refractivity (Wildman–Crippen MR) is 336 cm³/mol. The molecule has 0 amide bonds. The summed E-state index contributed by atoms with van der Waals surface area (Å²) in [5.41, 5.74) is 24.6. The van der Waals surface area contributed by atoms with Gasteiger partial charge in [-0.3, -0.25) is 0 Å². The highest BCUT2D eigenvalue weighted by molar-refractivity contribution is 6.11. The van der Waals surface area contributed by atoms with Gasteiger partial charge >= 0.3 is 0 Å². The monoisotopic (exact) mass is 1030 g/mol. The van der Waals surface area contributed by atoms with Crippen LogP contribution in [0, 0.1) is 0 Å². The van der Waals surface area contributed by atoms with Gasteiger partial charge in [-0.1, -0.05) is 155 Å². The second-order valence-corrected chi connectivity index (χ2v) is 23.3. The number of aromatic nitrogens is 1. The number of rotatable bonds is 8. The Morgan fingerprint density at radius 1 is 0.350 bits per heavy atom. The van der Waals surface area contributed by atoms with Crippen LogP contribution >= 0.6 is 0 Å². The normalized spacial score (nSPS) is 16.6. The second kappa shape index (κ2) is 17.4. The van der Waals surface area contributed by atoms with Gasteiger partial charge in [0, 0.05) is 78.7 Å². The molecule has 0 fully saturated rings. The zero-order valence-corrected chi connectivity index (χ0v) is 45.3. The molecule has 1 aliphatic heterocycles. The Morgan fingerprint density at radius 2 is 0.863 bits per heavy atom. The molecule has 2 unspecified atom stereocenters. The summed E-state index contributed by atoms with van der Waals surface area (Å²) in [6.45, 7) is 9.71. The summed E-state index contributed by atoms with van der Waals surface area (Å²) in [6.07, 6.45) is 9.13. The minimum atomic E-state index is -0.243. The van der Waals surface area contributed by atoms with Gasteiger partial charge in [-0.2, -0.15) is 0 Å². The van der Waals surface area contributed by atoms with E-state index in [1.165, 1.54) is 94.0 Å². The van der Waals surface area contributed by atoms with Gasteiger partial charge in [0.15, 0.2) is 0 Å². The van der Waals surface area contributed by atoms with E-state index in [1.54, 1.807) is 0 Å². The maximum atomic E-state index is 2.55. The number of anilines is 8. The summed E-state index contributed by atoms with van der Waals surface area (Å²) in [7, 11) is 0. The predicted octanol–water partition coefficient (Wildman–Crippen LogP) is 20.2. The van der Waals surface area contributed by atoms with Crippen molar-refractivity contribution in [2.75, 3.05) is 14.7 Å². The first-order valence-electron chi connectivity index (χ1n) is 28.2. The van der Waals surface area contributed by atoms with Gasteiger partial charge in [-0.05, 0) is 200 Å². The third-order valence-electron chi connectivity index (χ3n) is 18.2. The van der Waals surface area contributed by atoms with Gasteiger partial charge in [-0.25, -0.2) is 0 Å². The van der Waals surface area contributed by atoms with E-state index in [2.05, 4.69) is 314 Å². The molecule has 3 aliphatic carbocycles. The molecule has 11 aromatic carbocycles. The van der Waals surface area contributed by atoms with Crippen LogP contribution in [-0.4, -0.2) is 10.6 Å². The van der Waals surface area contributed by atoms with Crippen molar-refractivity contribution in [3.63, 3.8) is 0 Å². The average Bonchev–Trinajstić information content (AvgIpc) is 4.33. The zero-order valence-electron chi connectivity index (χ0n) is 45.3. The quantitative estimate of drug-likeness (QED) is 0.151. The Bertz CT molecular complexity index is 4550. The minimum Gasteiger partial charge on any atom is -0.333 e. The molecule has 0 bridgehead atoms. The summed E-state index contributed by atoms with van der Waals surface area (Å²) < 4.78 is 2.39. The van der Waals surface area contributed by atoms with Crippen molar-refractivity contribution >= 4 is 78.1 Å². The van der Waals surface area contributed by atoms with E-state index in [-0.39, 0.29) is 22.8 Å². The summed E-state index contributed by atoms with van der Waals surface area (Å²) >= 11 is 0.